The molecule has 0 spiro atoms. The number of hydrogen-bond donors (Lipinski definition) is 0. The lowest BCUT2D eigenvalue weighted by molar-refractivity contribution is -0.137. The Balaban J connectivity index is 2.35. The number of halogens is 3. The molecule has 0 saturated carbocycles. The van der Waals surface area contributed by atoms with E-state index in [1.54, 1.807) is 6.07 Å². The van der Waals surface area contributed by atoms with Gasteiger partial charge in [0, 0.05) is 6.07 Å². The highest BCUT2D eigenvalue weighted by molar-refractivity contribution is 6.07. The van der Waals surface area contributed by atoms with E-state index in [0.717, 1.165) is 22.2 Å². The maximum absolute atomic E-state index is 12.6. The maximum Gasteiger partial charge on any atom is 0.417 e. The summed E-state index contributed by atoms with van der Waals surface area (Å²) >= 11 is 0. The third-order valence-electron chi connectivity index (χ3n) is 2.96. The first kappa shape index (κ1) is 11.1. The minimum atomic E-state index is -4.35. The van der Waals surface area contributed by atoms with E-state index in [0.29, 0.717) is 5.39 Å². The maximum atomic E-state index is 12.6. The molecule has 0 heterocycles. The van der Waals surface area contributed by atoms with Gasteiger partial charge < -0.3 is 0 Å². The lowest BCUT2D eigenvalue weighted by atomic mass is 10.0. The first-order chi connectivity index (χ1) is 8.55. The van der Waals surface area contributed by atoms with Gasteiger partial charge in [0.05, 0.1) is 5.56 Å². The van der Waals surface area contributed by atoms with Gasteiger partial charge in [-0.2, -0.15) is 13.2 Å². The fourth-order valence-corrected chi connectivity index (χ4v) is 2.10. The second kappa shape index (κ2) is 3.73. The fourth-order valence-electron chi connectivity index (χ4n) is 2.10. The van der Waals surface area contributed by atoms with Crippen molar-refractivity contribution in [1.82, 2.24) is 0 Å². The number of alkyl halides is 3. The summed E-state index contributed by atoms with van der Waals surface area (Å²) in [6.07, 6.45) is -4.35. The smallest absolute Gasteiger partial charge is 0.166 e. The lowest BCUT2D eigenvalue weighted by Crippen LogP contribution is -2.04. The van der Waals surface area contributed by atoms with Crippen molar-refractivity contribution in [3.8, 4) is 0 Å². The Kier molecular flexibility index (Phi) is 2.30. The van der Waals surface area contributed by atoms with Crippen LogP contribution >= 0.6 is 0 Å². The molecule has 3 aromatic carbocycles. The lowest BCUT2D eigenvalue weighted by Gasteiger charge is -2.08. The topological polar surface area (TPSA) is 0 Å². The predicted molar refractivity (Wildman–Crippen MR) is 65.3 cm³/mol. The van der Waals surface area contributed by atoms with Gasteiger partial charge in [0.15, 0.2) is 0 Å². The standard InChI is InChI=1S/C15H8F3/c16-15(17,18)12-7-8-14-11(9-12)6-5-10-3-1-2-4-13(10)14/h1-8H. The number of hydrogen-bond acceptors (Lipinski definition) is 0. The summed E-state index contributed by atoms with van der Waals surface area (Å²) in [6, 6.07) is 16.1. The second-order valence-corrected chi connectivity index (χ2v) is 4.12. The Bertz CT molecular complexity index is 726. The Morgan fingerprint density at radius 2 is 1.56 bits per heavy atom. The third-order valence-corrected chi connectivity index (χ3v) is 2.96. The van der Waals surface area contributed by atoms with Crippen molar-refractivity contribution in [3.63, 3.8) is 0 Å². The molecule has 0 aliphatic heterocycles. The Labute approximate surface area is 102 Å². The summed E-state index contributed by atoms with van der Waals surface area (Å²) in [7, 11) is 0. The van der Waals surface area contributed by atoms with E-state index in [1.165, 1.54) is 6.07 Å². The van der Waals surface area contributed by atoms with Crippen molar-refractivity contribution in [2.24, 2.45) is 0 Å². The van der Waals surface area contributed by atoms with Crippen LogP contribution in [0.25, 0.3) is 21.5 Å². The zero-order valence-corrected chi connectivity index (χ0v) is 9.25. The molecule has 0 saturated heterocycles. The van der Waals surface area contributed by atoms with Crippen molar-refractivity contribution < 1.29 is 13.2 Å². The number of benzene rings is 3. The highest BCUT2D eigenvalue weighted by atomic mass is 19.4. The van der Waals surface area contributed by atoms with E-state index in [9.17, 15) is 13.2 Å². The van der Waals surface area contributed by atoms with Crippen molar-refractivity contribution in [2.75, 3.05) is 0 Å². The third kappa shape index (κ3) is 1.72. The van der Waals surface area contributed by atoms with E-state index in [1.807, 2.05) is 30.3 Å². The van der Waals surface area contributed by atoms with E-state index < -0.39 is 11.7 Å². The predicted octanol–water partition coefficient (Wildman–Crippen LogP) is 4.81. The zero-order valence-electron chi connectivity index (χ0n) is 9.25. The van der Waals surface area contributed by atoms with Gasteiger partial charge in [-0.25, -0.2) is 0 Å². The van der Waals surface area contributed by atoms with Crippen LogP contribution in [0.5, 0.6) is 0 Å². The average molecular weight is 245 g/mol. The molecule has 0 fully saturated rings. The van der Waals surface area contributed by atoms with Crippen LogP contribution < -0.4 is 0 Å². The van der Waals surface area contributed by atoms with Gasteiger partial charge in [-0.05, 0) is 27.6 Å². The van der Waals surface area contributed by atoms with E-state index in [4.69, 9.17) is 0 Å². The van der Waals surface area contributed by atoms with Gasteiger partial charge in [-0.3, -0.25) is 0 Å². The Morgan fingerprint density at radius 3 is 2.33 bits per heavy atom. The molecular weight excluding hydrogens is 237 g/mol. The molecule has 0 aliphatic rings. The van der Waals surface area contributed by atoms with Gasteiger partial charge in [0.1, 0.15) is 0 Å². The summed E-state index contributed by atoms with van der Waals surface area (Å²) in [5.41, 5.74) is -0.731. The van der Waals surface area contributed by atoms with E-state index >= 15 is 0 Å². The van der Waals surface area contributed by atoms with Crippen LogP contribution in [0, 0.1) is 6.07 Å². The molecule has 0 N–H and O–H groups in total. The highest BCUT2D eigenvalue weighted by Crippen LogP contribution is 2.33. The largest absolute Gasteiger partial charge is 0.417 e. The quantitative estimate of drug-likeness (QED) is 0.498. The molecule has 0 aromatic heterocycles. The molecule has 18 heavy (non-hydrogen) atoms. The summed E-state index contributed by atoms with van der Waals surface area (Å²) in [4.78, 5) is 0. The fraction of sp³-hybridized carbons (Fsp3) is 0.0667. The minimum Gasteiger partial charge on any atom is -0.166 e. The van der Waals surface area contributed by atoms with Crippen LogP contribution in [-0.2, 0) is 6.18 Å². The van der Waals surface area contributed by atoms with Crippen LogP contribution in [0.2, 0.25) is 0 Å². The van der Waals surface area contributed by atoms with Crippen LogP contribution in [0.1, 0.15) is 5.56 Å². The monoisotopic (exact) mass is 245 g/mol. The van der Waals surface area contributed by atoms with Crippen LogP contribution in [0.3, 0.4) is 0 Å². The van der Waals surface area contributed by atoms with Gasteiger partial charge in [0.25, 0.3) is 0 Å². The van der Waals surface area contributed by atoms with Gasteiger partial charge in [0.2, 0.25) is 0 Å². The molecule has 3 aromatic rings. The highest BCUT2D eigenvalue weighted by Gasteiger charge is 2.30. The molecule has 0 bridgehead atoms. The first-order valence-electron chi connectivity index (χ1n) is 5.47. The average Bonchev–Trinajstić information content (AvgIpc) is 2.37. The second-order valence-electron chi connectivity index (χ2n) is 4.12. The van der Waals surface area contributed by atoms with Crippen molar-refractivity contribution >= 4 is 21.5 Å². The number of fused-ring (bicyclic) bond motifs is 3. The van der Waals surface area contributed by atoms with Gasteiger partial charge in [-0.1, -0.05) is 42.5 Å². The van der Waals surface area contributed by atoms with Crippen molar-refractivity contribution in [3.05, 3.63) is 60.2 Å². The van der Waals surface area contributed by atoms with Crippen molar-refractivity contribution in [2.45, 2.75) is 6.18 Å². The molecule has 89 valence electrons. The Hall–Kier alpha value is -2.03. The molecule has 0 aliphatic carbocycles. The van der Waals surface area contributed by atoms with E-state index in [2.05, 4.69) is 6.07 Å². The van der Waals surface area contributed by atoms with Gasteiger partial charge in [-0.15, -0.1) is 0 Å². The van der Waals surface area contributed by atoms with Crippen LogP contribution in [0.15, 0.2) is 48.5 Å². The zero-order chi connectivity index (χ0) is 12.8. The SMILES string of the molecule is FC(F)(F)c1[c]c2ccc3ccccc3c2cc1. The minimum absolute atomic E-state index is 0.489. The molecule has 0 nitrogen and oxygen atoms in total. The van der Waals surface area contributed by atoms with E-state index in [-0.39, 0.29) is 0 Å². The van der Waals surface area contributed by atoms with Gasteiger partial charge >= 0.3 is 6.18 Å². The summed E-state index contributed by atoms with van der Waals surface area (Å²) in [6.45, 7) is 0. The molecule has 3 heteroatoms. The van der Waals surface area contributed by atoms with Crippen LogP contribution in [-0.4, -0.2) is 0 Å². The number of rotatable bonds is 0. The summed E-state index contributed by atoms with van der Waals surface area (Å²) in [5, 5.41) is 3.24. The molecule has 0 unspecified atom stereocenters. The molecule has 0 amide bonds. The molecule has 3 rings (SSSR count). The normalized spacial score (nSPS) is 12.2. The van der Waals surface area contributed by atoms with Crippen molar-refractivity contribution in [1.29, 1.82) is 0 Å². The molecule has 0 atom stereocenters. The molecular formula is C15H8F3. The molecule has 1 radical (unpaired) electrons. The summed E-state index contributed by atoms with van der Waals surface area (Å²) < 4.78 is 37.8. The van der Waals surface area contributed by atoms with Crippen LogP contribution in [0.4, 0.5) is 13.2 Å². The first-order valence-corrected chi connectivity index (χ1v) is 5.47. The Morgan fingerprint density at radius 1 is 0.778 bits per heavy atom. The summed E-state index contributed by atoms with van der Waals surface area (Å²) in [5.74, 6) is 0.